The number of rotatable bonds is 7. The van der Waals surface area contributed by atoms with E-state index in [1.807, 2.05) is 13.8 Å². The zero-order valence-electron chi connectivity index (χ0n) is 12.6. The van der Waals surface area contributed by atoms with E-state index in [4.69, 9.17) is 0 Å². The second kappa shape index (κ2) is 9.34. The standard InChI is InChI=1S/C14H28N2O3S/c1-3-12(17)8-9-15-14(18)16-11-6-5-7-13(10-11)20(19)4-2/h11-13,17H,3-10H2,1-2H3,(H2,15,16,18). The molecule has 1 aliphatic rings. The van der Waals surface area contributed by atoms with Crippen LogP contribution in [-0.4, -0.2) is 45.0 Å². The highest BCUT2D eigenvalue weighted by Gasteiger charge is 2.26. The first-order chi connectivity index (χ1) is 9.56. The lowest BCUT2D eigenvalue weighted by Gasteiger charge is -2.29. The van der Waals surface area contributed by atoms with Crippen molar-refractivity contribution in [1.82, 2.24) is 10.6 Å². The van der Waals surface area contributed by atoms with Crippen LogP contribution in [0.15, 0.2) is 0 Å². The first-order valence-electron chi connectivity index (χ1n) is 7.66. The lowest BCUT2D eigenvalue weighted by molar-refractivity contribution is 0.159. The van der Waals surface area contributed by atoms with Crippen LogP contribution in [0, 0.1) is 0 Å². The molecule has 4 atom stereocenters. The molecule has 1 aliphatic carbocycles. The van der Waals surface area contributed by atoms with Crippen molar-refractivity contribution in [1.29, 1.82) is 0 Å². The van der Waals surface area contributed by atoms with Gasteiger partial charge in [0.05, 0.1) is 6.10 Å². The van der Waals surface area contributed by atoms with Gasteiger partial charge in [-0.2, -0.15) is 0 Å². The average Bonchev–Trinajstić information content (AvgIpc) is 2.46. The third kappa shape index (κ3) is 6.22. The number of nitrogens with one attached hydrogen (secondary N) is 2. The van der Waals surface area contributed by atoms with Crippen molar-refractivity contribution < 1.29 is 14.1 Å². The Hall–Kier alpha value is -0.620. The highest BCUT2D eigenvalue weighted by atomic mass is 32.2. The molecular weight excluding hydrogens is 276 g/mol. The van der Waals surface area contributed by atoms with Crippen LogP contribution in [0.1, 0.15) is 52.4 Å². The number of hydrogen-bond acceptors (Lipinski definition) is 3. The Bertz CT molecular complexity index is 326. The fraction of sp³-hybridized carbons (Fsp3) is 0.929. The predicted octanol–water partition coefficient (Wildman–Crippen LogP) is 1.53. The van der Waals surface area contributed by atoms with Crippen LogP contribution in [0.3, 0.4) is 0 Å². The van der Waals surface area contributed by atoms with E-state index in [2.05, 4.69) is 10.6 Å². The Morgan fingerprint density at radius 3 is 2.80 bits per heavy atom. The highest BCUT2D eigenvalue weighted by Crippen LogP contribution is 2.22. The van der Waals surface area contributed by atoms with E-state index in [1.165, 1.54) is 0 Å². The van der Waals surface area contributed by atoms with E-state index < -0.39 is 10.8 Å². The van der Waals surface area contributed by atoms with Crippen molar-refractivity contribution in [3.63, 3.8) is 0 Å². The highest BCUT2D eigenvalue weighted by molar-refractivity contribution is 7.85. The molecule has 0 aliphatic heterocycles. The van der Waals surface area contributed by atoms with Gasteiger partial charge in [0.15, 0.2) is 0 Å². The summed E-state index contributed by atoms with van der Waals surface area (Å²) in [5.41, 5.74) is 0. The minimum absolute atomic E-state index is 0.125. The topological polar surface area (TPSA) is 78.4 Å². The van der Waals surface area contributed by atoms with Crippen molar-refractivity contribution in [3.05, 3.63) is 0 Å². The van der Waals surface area contributed by atoms with Crippen LogP contribution in [0.5, 0.6) is 0 Å². The van der Waals surface area contributed by atoms with Crippen LogP contribution < -0.4 is 10.6 Å². The number of aliphatic hydroxyl groups is 1. The fourth-order valence-electron chi connectivity index (χ4n) is 2.54. The van der Waals surface area contributed by atoms with Crippen LogP contribution in [0.2, 0.25) is 0 Å². The molecule has 0 saturated heterocycles. The molecule has 0 aromatic heterocycles. The molecule has 0 radical (unpaired) electrons. The minimum Gasteiger partial charge on any atom is -0.393 e. The summed E-state index contributed by atoms with van der Waals surface area (Å²) in [6, 6.07) is -0.0541. The van der Waals surface area contributed by atoms with Crippen molar-refractivity contribution >= 4 is 16.8 Å². The Morgan fingerprint density at radius 2 is 2.15 bits per heavy atom. The van der Waals surface area contributed by atoms with Gasteiger partial charge in [0.25, 0.3) is 0 Å². The molecule has 0 aromatic carbocycles. The lowest BCUT2D eigenvalue weighted by Crippen LogP contribution is -2.46. The van der Waals surface area contributed by atoms with Gasteiger partial charge >= 0.3 is 6.03 Å². The molecule has 0 bridgehead atoms. The molecule has 20 heavy (non-hydrogen) atoms. The van der Waals surface area contributed by atoms with Gasteiger partial charge in [-0.05, 0) is 32.1 Å². The van der Waals surface area contributed by atoms with E-state index >= 15 is 0 Å². The summed E-state index contributed by atoms with van der Waals surface area (Å²) in [5.74, 6) is 0.693. The van der Waals surface area contributed by atoms with E-state index in [9.17, 15) is 14.1 Å². The van der Waals surface area contributed by atoms with Gasteiger partial charge in [0.2, 0.25) is 0 Å². The summed E-state index contributed by atoms with van der Waals surface area (Å²) in [4.78, 5) is 11.7. The molecule has 1 fully saturated rings. The maximum atomic E-state index is 11.8. The lowest BCUT2D eigenvalue weighted by atomic mass is 9.95. The number of aliphatic hydroxyl groups excluding tert-OH is 1. The Balaban J connectivity index is 2.25. The molecule has 118 valence electrons. The molecule has 4 unspecified atom stereocenters. The molecule has 0 spiro atoms. The second-order valence-corrected chi connectivity index (χ2v) is 7.41. The minimum atomic E-state index is -0.767. The quantitative estimate of drug-likeness (QED) is 0.667. The maximum Gasteiger partial charge on any atom is 0.315 e. The molecule has 2 amide bonds. The second-order valence-electron chi connectivity index (χ2n) is 5.41. The first kappa shape index (κ1) is 17.4. The van der Waals surface area contributed by atoms with Crippen LogP contribution in [-0.2, 0) is 10.8 Å². The predicted molar refractivity (Wildman–Crippen MR) is 82.2 cm³/mol. The van der Waals surface area contributed by atoms with Crippen molar-refractivity contribution in [3.8, 4) is 0 Å². The van der Waals surface area contributed by atoms with E-state index in [0.717, 1.165) is 25.7 Å². The van der Waals surface area contributed by atoms with Gasteiger partial charge in [-0.1, -0.05) is 20.3 Å². The summed E-state index contributed by atoms with van der Waals surface area (Å²) < 4.78 is 11.8. The normalized spacial score (nSPS) is 25.8. The third-order valence-corrected chi connectivity index (χ3v) is 5.59. The van der Waals surface area contributed by atoms with E-state index in [1.54, 1.807) is 0 Å². The number of carbonyl (C=O) groups excluding carboxylic acids is 1. The summed E-state index contributed by atoms with van der Waals surface area (Å²) in [6.07, 6.45) is 4.74. The van der Waals surface area contributed by atoms with Gasteiger partial charge in [0, 0.05) is 34.4 Å². The van der Waals surface area contributed by atoms with Crippen LogP contribution in [0.4, 0.5) is 4.79 Å². The van der Waals surface area contributed by atoms with E-state index in [-0.39, 0.29) is 23.4 Å². The Morgan fingerprint density at radius 1 is 1.40 bits per heavy atom. The van der Waals surface area contributed by atoms with Gasteiger partial charge in [-0.3, -0.25) is 4.21 Å². The zero-order valence-corrected chi connectivity index (χ0v) is 13.4. The maximum absolute atomic E-state index is 11.8. The monoisotopic (exact) mass is 304 g/mol. The molecular formula is C14H28N2O3S. The fourth-order valence-corrected chi connectivity index (χ4v) is 3.89. The average molecular weight is 304 g/mol. The summed E-state index contributed by atoms with van der Waals surface area (Å²) >= 11 is 0. The summed E-state index contributed by atoms with van der Waals surface area (Å²) in [5, 5.41) is 15.4. The van der Waals surface area contributed by atoms with Gasteiger partial charge in [0.1, 0.15) is 0 Å². The SMILES string of the molecule is CCC(O)CCNC(=O)NC1CCCC(S(=O)CC)C1. The summed E-state index contributed by atoms with van der Waals surface area (Å²) in [6.45, 7) is 4.34. The van der Waals surface area contributed by atoms with Crippen molar-refractivity contribution in [2.24, 2.45) is 0 Å². The molecule has 0 aromatic rings. The summed E-state index contributed by atoms with van der Waals surface area (Å²) in [7, 11) is -0.767. The Kier molecular flexibility index (Phi) is 8.14. The molecule has 6 heteroatoms. The molecule has 5 nitrogen and oxygen atoms in total. The van der Waals surface area contributed by atoms with Crippen LogP contribution in [0.25, 0.3) is 0 Å². The van der Waals surface area contributed by atoms with E-state index in [0.29, 0.717) is 25.1 Å². The van der Waals surface area contributed by atoms with Crippen LogP contribution >= 0.6 is 0 Å². The van der Waals surface area contributed by atoms with Gasteiger partial charge in [-0.25, -0.2) is 4.79 Å². The number of carbonyl (C=O) groups is 1. The number of urea groups is 1. The molecule has 1 saturated carbocycles. The number of hydrogen-bond donors (Lipinski definition) is 3. The number of amides is 2. The Labute approximate surface area is 124 Å². The zero-order chi connectivity index (χ0) is 15.0. The third-order valence-electron chi connectivity index (χ3n) is 3.85. The van der Waals surface area contributed by atoms with Crippen molar-refractivity contribution in [2.45, 2.75) is 69.8 Å². The van der Waals surface area contributed by atoms with Gasteiger partial charge in [-0.15, -0.1) is 0 Å². The molecule has 1 rings (SSSR count). The first-order valence-corrected chi connectivity index (χ1v) is 9.04. The molecule has 0 heterocycles. The van der Waals surface area contributed by atoms with Crippen molar-refractivity contribution in [2.75, 3.05) is 12.3 Å². The smallest absolute Gasteiger partial charge is 0.315 e. The van der Waals surface area contributed by atoms with Gasteiger partial charge < -0.3 is 15.7 Å². The largest absolute Gasteiger partial charge is 0.393 e. The molecule has 3 N–H and O–H groups in total.